The normalized spacial score (nSPS) is 37.5. The van der Waals surface area contributed by atoms with E-state index in [1.807, 2.05) is 6.92 Å². The van der Waals surface area contributed by atoms with Crippen molar-refractivity contribution in [1.82, 2.24) is 5.06 Å². The summed E-state index contributed by atoms with van der Waals surface area (Å²) in [6.45, 7) is 4.14. The second-order valence-corrected chi connectivity index (χ2v) is 13.1. The summed E-state index contributed by atoms with van der Waals surface area (Å²) in [6, 6.07) is 5.79. The van der Waals surface area contributed by atoms with Gasteiger partial charge >= 0.3 is 5.97 Å². The van der Waals surface area contributed by atoms with E-state index in [0.717, 1.165) is 12.8 Å². The van der Waals surface area contributed by atoms with Gasteiger partial charge in [0, 0.05) is 49.5 Å². The number of carbonyl (C=O) groups is 6. The molecule has 1 aromatic rings. The minimum Gasteiger partial charge on any atom is -0.330 e. The molecule has 0 radical (unpaired) electrons. The lowest BCUT2D eigenvalue weighted by molar-refractivity contribution is -0.168. The van der Waals surface area contributed by atoms with E-state index in [4.69, 9.17) is 10.6 Å². The molecule has 40 heavy (non-hydrogen) atoms. The fourth-order valence-electron chi connectivity index (χ4n) is 9.06. The van der Waals surface area contributed by atoms with Crippen molar-refractivity contribution >= 4 is 35.1 Å². The highest BCUT2D eigenvalue weighted by atomic mass is 16.7. The lowest BCUT2D eigenvalue weighted by atomic mass is 9.44. The van der Waals surface area contributed by atoms with Crippen LogP contribution in [0.25, 0.3) is 0 Å². The SMILES string of the molecule is CC12CCC(=O)CC1CC(=O)C1[C@@H]2CC(=O)C2(C)[C@@H]([C@H](N)CCC(=O)ON3C(=O)c4ccccc4C3=O)CC[C@@H]12. The highest BCUT2D eigenvalue weighted by Crippen LogP contribution is 2.65. The maximum absolute atomic E-state index is 13.9. The van der Waals surface area contributed by atoms with Crippen LogP contribution in [0.4, 0.5) is 0 Å². The summed E-state index contributed by atoms with van der Waals surface area (Å²) in [5, 5.41) is 0.498. The first-order valence-electron chi connectivity index (χ1n) is 14.5. The number of fused-ring (bicyclic) bond motifs is 6. The molecule has 0 aromatic heterocycles. The van der Waals surface area contributed by atoms with Gasteiger partial charge in [0.2, 0.25) is 0 Å². The van der Waals surface area contributed by atoms with E-state index in [-0.39, 0.29) is 76.3 Å². The topological polar surface area (TPSA) is 141 Å². The lowest BCUT2D eigenvalue weighted by Crippen LogP contribution is -2.60. The van der Waals surface area contributed by atoms with Crippen LogP contribution in [0.1, 0.15) is 92.4 Å². The molecule has 4 fully saturated rings. The number of hydrogen-bond donors (Lipinski definition) is 1. The van der Waals surface area contributed by atoms with Gasteiger partial charge in [-0.25, -0.2) is 4.79 Å². The minimum absolute atomic E-state index is 0.0206. The molecule has 2 amide bonds. The van der Waals surface area contributed by atoms with Crippen molar-refractivity contribution in [2.45, 2.75) is 77.7 Å². The van der Waals surface area contributed by atoms with Gasteiger partial charge in [-0.1, -0.05) is 31.0 Å². The van der Waals surface area contributed by atoms with E-state index in [1.165, 1.54) is 12.1 Å². The van der Waals surface area contributed by atoms with E-state index in [1.54, 1.807) is 12.1 Å². The average Bonchev–Trinajstić information content (AvgIpc) is 3.40. The Morgan fingerprint density at radius 2 is 1.68 bits per heavy atom. The zero-order valence-electron chi connectivity index (χ0n) is 23.0. The summed E-state index contributed by atoms with van der Waals surface area (Å²) in [5.41, 5.74) is 6.07. The Labute approximate surface area is 233 Å². The fourth-order valence-corrected chi connectivity index (χ4v) is 9.06. The molecule has 212 valence electrons. The summed E-state index contributed by atoms with van der Waals surface area (Å²) in [4.78, 5) is 82.4. The van der Waals surface area contributed by atoms with Crippen LogP contribution in [0.2, 0.25) is 0 Å². The number of benzene rings is 1. The van der Waals surface area contributed by atoms with Crippen molar-refractivity contribution in [3.63, 3.8) is 0 Å². The van der Waals surface area contributed by atoms with E-state index >= 15 is 0 Å². The average molecular weight is 549 g/mol. The Kier molecular flexibility index (Phi) is 6.36. The third-order valence-corrected chi connectivity index (χ3v) is 11.4. The molecule has 1 aliphatic heterocycles. The zero-order valence-corrected chi connectivity index (χ0v) is 23.0. The molecule has 4 aliphatic carbocycles. The number of nitrogens with zero attached hydrogens (tertiary/aromatic N) is 1. The minimum atomic E-state index is -0.754. The Balaban J connectivity index is 1.13. The van der Waals surface area contributed by atoms with Crippen molar-refractivity contribution in [1.29, 1.82) is 0 Å². The molecule has 9 nitrogen and oxygen atoms in total. The van der Waals surface area contributed by atoms with Crippen molar-refractivity contribution in [2.24, 2.45) is 46.2 Å². The Bertz CT molecular complexity index is 1300. The second-order valence-electron chi connectivity index (χ2n) is 13.1. The third kappa shape index (κ3) is 3.84. The number of Topliss-reactive ketones (excluding diaryl/α,β-unsaturated/α-hetero) is 3. The van der Waals surface area contributed by atoms with Crippen LogP contribution < -0.4 is 5.73 Å². The van der Waals surface area contributed by atoms with Crippen LogP contribution >= 0.6 is 0 Å². The number of amides is 2. The van der Waals surface area contributed by atoms with E-state index < -0.39 is 29.2 Å². The summed E-state index contributed by atoms with van der Waals surface area (Å²) in [5.74, 6) is -2.07. The number of ketones is 3. The van der Waals surface area contributed by atoms with Crippen LogP contribution in [0.15, 0.2) is 24.3 Å². The predicted octanol–water partition coefficient (Wildman–Crippen LogP) is 3.43. The quantitative estimate of drug-likeness (QED) is 0.552. The van der Waals surface area contributed by atoms with E-state index in [0.29, 0.717) is 37.2 Å². The predicted molar refractivity (Wildman–Crippen MR) is 141 cm³/mol. The van der Waals surface area contributed by atoms with Crippen molar-refractivity contribution in [3.05, 3.63) is 35.4 Å². The van der Waals surface area contributed by atoms with Crippen molar-refractivity contribution < 1.29 is 33.6 Å². The molecule has 0 bridgehead atoms. The van der Waals surface area contributed by atoms with E-state index in [9.17, 15) is 28.8 Å². The monoisotopic (exact) mass is 548 g/mol. The van der Waals surface area contributed by atoms with Crippen LogP contribution in [-0.2, 0) is 24.0 Å². The number of carbonyl (C=O) groups excluding carboxylic acids is 6. The standard InChI is InChI=1S/C31H36N2O7/c1-30-12-11-17(34)13-16(30)14-24(35)27-21-8-7-20(31(21,2)25(36)15-22(27)30)23(32)9-10-26(37)40-33-28(38)18-5-3-4-6-19(18)29(33)39/h3-6,16,20-23,27H,7-15,32H2,1-2H3/t16?,20-,21+,22+,23-,27?,30?,31?/m1/s1. The number of hydroxylamine groups is 2. The molecule has 2 N–H and O–H groups in total. The zero-order chi connectivity index (χ0) is 28.6. The van der Waals surface area contributed by atoms with Crippen LogP contribution in [-0.4, -0.2) is 46.2 Å². The molecule has 9 heteroatoms. The Hall–Kier alpha value is -3.20. The third-order valence-electron chi connectivity index (χ3n) is 11.4. The van der Waals surface area contributed by atoms with Crippen molar-refractivity contribution in [3.8, 4) is 0 Å². The number of imide groups is 1. The Morgan fingerprint density at radius 1 is 1.00 bits per heavy atom. The van der Waals surface area contributed by atoms with Gasteiger partial charge in [-0.3, -0.25) is 24.0 Å². The number of hydrogen-bond acceptors (Lipinski definition) is 8. The highest BCUT2D eigenvalue weighted by Gasteiger charge is 2.66. The number of nitrogens with two attached hydrogens (primary N) is 1. The molecule has 0 spiro atoms. The first-order chi connectivity index (χ1) is 19.0. The highest BCUT2D eigenvalue weighted by molar-refractivity contribution is 6.20. The van der Waals surface area contributed by atoms with Gasteiger partial charge in [0.05, 0.1) is 11.1 Å². The summed E-state index contributed by atoms with van der Waals surface area (Å²) in [6.07, 6.45) is 3.96. The maximum Gasteiger partial charge on any atom is 0.333 e. The van der Waals surface area contributed by atoms with Gasteiger partial charge < -0.3 is 10.6 Å². The van der Waals surface area contributed by atoms with Gasteiger partial charge in [0.25, 0.3) is 11.8 Å². The maximum atomic E-state index is 13.9. The molecule has 1 heterocycles. The van der Waals surface area contributed by atoms with Crippen LogP contribution in [0.3, 0.4) is 0 Å². The molecular weight excluding hydrogens is 512 g/mol. The van der Waals surface area contributed by atoms with Gasteiger partial charge in [0.15, 0.2) is 0 Å². The van der Waals surface area contributed by atoms with Gasteiger partial charge in [0.1, 0.15) is 17.3 Å². The molecule has 0 saturated heterocycles. The summed E-state index contributed by atoms with van der Waals surface area (Å²) < 4.78 is 0. The molecular formula is C31H36N2O7. The Morgan fingerprint density at radius 3 is 2.35 bits per heavy atom. The second kappa shape index (κ2) is 9.43. The van der Waals surface area contributed by atoms with Crippen molar-refractivity contribution in [2.75, 3.05) is 0 Å². The summed E-state index contributed by atoms with van der Waals surface area (Å²) >= 11 is 0. The number of rotatable bonds is 5. The molecule has 6 rings (SSSR count). The molecule has 5 aliphatic rings. The molecule has 1 aromatic carbocycles. The molecule has 8 atom stereocenters. The first kappa shape index (κ1) is 27.0. The largest absolute Gasteiger partial charge is 0.333 e. The summed E-state index contributed by atoms with van der Waals surface area (Å²) in [7, 11) is 0. The van der Waals surface area contributed by atoms with E-state index in [2.05, 4.69) is 6.92 Å². The lowest BCUT2D eigenvalue weighted by Gasteiger charge is -2.58. The molecule has 4 saturated carbocycles. The van der Waals surface area contributed by atoms with Gasteiger partial charge in [-0.15, -0.1) is 0 Å². The fraction of sp³-hybridized carbons (Fsp3) is 0.613. The van der Waals surface area contributed by atoms with Gasteiger partial charge in [-0.05, 0) is 66.9 Å². The van der Waals surface area contributed by atoms with Gasteiger partial charge in [-0.2, -0.15) is 0 Å². The van der Waals surface area contributed by atoms with Crippen LogP contribution in [0, 0.1) is 40.4 Å². The smallest absolute Gasteiger partial charge is 0.330 e. The van der Waals surface area contributed by atoms with Crippen LogP contribution in [0.5, 0.6) is 0 Å². The first-order valence-corrected chi connectivity index (χ1v) is 14.5. The molecule has 4 unspecified atom stereocenters.